The number of carbonyl (C=O) groups excluding carboxylic acids is 3. The molecule has 1 amide bonds. The molecule has 2 aliphatic rings. The first-order valence-electron chi connectivity index (χ1n) is 10.3. The molecule has 0 unspecified atom stereocenters. The molecule has 0 fully saturated rings. The molecule has 12 heteroatoms. The highest BCUT2D eigenvalue weighted by molar-refractivity contribution is 7.90. The minimum Gasteiger partial charge on any atom is -0.462 e. The third kappa shape index (κ3) is 6.29. The molecule has 1 aromatic rings. The third-order valence-electron chi connectivity index (χ3n) is 4.62. The van der Waals surface area contributed by atoms with Gasteiger partial charge in [0, 0.05) is 12.7 Å². The van der Waals surface area contributed by atoms with Crippen molar-refractivity contribution in [2.24, 2.45) is 10.3 Å². The maximum absolute atomic E-state index is 12.4. The number of ether oxygens (including phenoxy) is 2. The Bertz CT molecular complexity index is 1150. The van der Waals surface area contributed by atoms with Gasteiger partial charge in [0.05, 0.1) is 23.5 Å². The minimum absolute atomic E-state index is 0.156. The van der Waals surface area contributed by atoms with Crippen molar-refractivity contribution < 1.29 is 32.3 Å². The molecule has 0 saturated heterocycles. The normalized spacial score (nSPS) is 16.5. The summed E-state index contributed by atoms with van der Waals surface area (Å²) >= 11 is 1.21. The van der Waals surface area contributed by atoms with Crippen LogP contribution in [-0.2, 0) is 35.5 Å². The molecular formula is C21H25N3O7S2. The topological polar surface area (TPSA) is 131 Å². The van der Waals surface area contributed by atoms with E-state index in [1.165, 1.54) is 34.6 Å². The molecule has 33 heavy (non-hydrogen) atoms. The lowest BCUT2D eigenvalue weighted by molar-refractivity contribution is -0.143. The van der Waals surface area contributed by atoms with E-state index >= 15 is 0 Å². The number of nitrogens with one attached hydrogen (secondary N) is 1. The van der Waals surface area contributed by atoms with E-state index in [-0.39, 0.29) is 30.3 Å². The van der Waals surface area contributed by atoms with Gasteiger partial charge in [-0.15, -0.1) is 15.7 Å². The molecule has 0 bridgehead atoms. The highest BCUT2D eigenvalue weighted by Crippen LogP contribution is 2.31. The number of thiophene rings is 1. The molecular weight excluding hydrogens is 470 g/mol. The summed E-state index contributed by atoms with van der Waals surface area (Å²) < 4.78 is 37.0. The van der Waals surface area contributed by atoms with Crippen LogP contribution in [0.2, 0.25) is 0 Å². The van der Waals surface area contributed by atoms with Crippen LogP contribution in [0.25, 0.3) is 0 Å². The van der Waals surface area contributed by atoms with Gasteiger partial charge in [0.1, 0.15) is 10.8 Å². The highest BCUT2D eigenvalue weighted by atomic mass is 32.2. The Kier molecular flexibility index (Phi) is 7.69. The molecule has 1 N–H and O–H groups in total. The summed E-state index contributed by atoms with van der Waals surface area (Å²) in [6.45, 7) is 5.57. The second kappa shape index (κ2) is 10.3. The number of hydrogen-bond donors (Lipinski definition) is 1. The molecule has 0 saturated carbocycles. The van der Waals surface area contributed by atoms with Gasteiger partial charge in [-0.1, -0.05) is 13.8 Å². The largest absolute Gasteiger partial charge is 0.462 e. The molecule has 3 heterocycles. The van der Waals surface area contributed by atoms with Gasteiger partial charge in [-0.2, -0.15) is 0 Å². The van der Waals surface area contributed by atoms with Crippen LogP contribution in [-0.4, -0.2) is 62.5 Å². The van der Waals surface area contributed by atoms with Gasteiger partial charge < -0.3 is 19.7 Å². The summed E-state index contributed by atoms with van der Waals surface area (Å²) in [5.74, 6) is -1.49. The van der Waals surface area contributed by atoms with Crippen LogP contribution in [0, 0.1) is 5.92 Å². The maximum Gasteiger partial charge on any atom is 0.341 e. The number of sulfonamides is 1. The van der Waals surface area contributed by atoms with Crippen LogP contribution < -0.4 is 5.32 Å². The Morgan fingerprint density at radius 3 is 2.67 bits per heavy atom. The van der Waals surface area contributed by atoms with Crippen molar-refractivity contribution in [2.75, 3.05) is 30.8 Å². The average Bonchev–Trinajstić information content (AvgIpc) is 3.12. The minimum atomic E-state index is -3.50. The Hall–Kier alpha value is -2.99. The lowest BCUT2D eigenvalue weighted by atomic mass is 10.0. The smallest absolute Gasteiger partial charge is 0.341 e. The van der Waals surface area contributed by atoms with Crippen LogP contribution in [0.4, 0.5) is 5.00 Å². The van der Waals surface area contributed by atoms with Crippen LogP contribution in [0.5, 0.6) is 0 Å². The molecule has 0 aliphatic carbocycles. The third-order valence-corrected chi connectivity index (χ3v) is 6.73. The van der Waals surface area contributed by atoms with Gasteiger partial charge >= 0.3 is 11.9 Å². The molecule has 178 valence electrons. The molecule has 0 aromatic carbocycles. The van der Waals surface area contributed by atoms with E-state index in [4.69, 9.17) is 9.47 Å². The van der Waals surface area contributed by atoms with E-state index in [1.54, 1.807) is 6.92 Å². The zero-order valence-corrected chi connectivity index (χ0v) is 20.1. The lowest BCUT2D eigenvalue weighted by Crippen LogP contribution is -2.37. The second-order valence-corrected chi connectivity index (χ2v) is 10.4. The summed E-state index contributed by atoms with van der Waals surface area (Å²) in [5, 5.41) is 4.78. The zero-order chi connectivity index (χ0) is 24.2. The molecule has 10 nitrogen and oxygen atoms in total. The van der Waals surface area contributed by atoms with Crippen LogP contribution in [0.15, 0.2) is 33.7 Å². The van der Waals surface area contributed by atoms with Gasteiger partial charge in [-0.25, -0.2) is 18.0 Å². The van der Waals surface area contributed by atoms with Crippen molar-refractivity contribution in [3.63, 3.8) is 0 Å². The van der Waals surface area contributed by atoms with E-state index < -0.39 is 34.5 Å². The predicted octanol–water partition coefficient (Wildman–Crippen LogP) is 2.10. The van der Waals surface area contributed by atoms with Crippen LogP contribution >= 0.6 is 11.3 Å². The number of nitrogens with zero attached hydrogens (tertiary/aromatic N) is 2. The molecule has 2 aliphatic heterocycles. The predicted molar refractivity (Wildman–Crippen MR) is 124 cm³/mol. The van der Waals surface area contributed by atoms with Crippen molar-refractivity contribution in [1.82, 2.24) is 4.90 Å². The first-order valence-corrected chi connectivity index (χ1v) is 12.8. The standard InChI is InChI=1S/C21H25N3O7S2/c1-4-30-21(27)18-15(9-13(2)3)12-32-19(18)22-17(25)11-31-20(26)14-5-6-16-23-33(28,29)8-7-24(16)10-14/h5-6,10,12-13H,4,7-9,11H2,1-3H3,(H,22,25). The number of amidine groups is 1. The van der Waals surface area contributed by atoms with E-state index in [9.17, 15) is 22.8 Å². The monoisotopic (exact) mass is 495 g/mol. The number of anilines is 1. The molecule has 0 spiro atoms. The highest BCUT2D eigenvalue weighted by Gasteiger charge is 2.26. The Labute approximate surface area is 196 Å². The number of esters is 2. The number of carbonyl (C=O) groups is 3. The van der Waals surface area contributed by atoms with E-state index in [0.717, 1.165) is 5.56 Å². The van der Waals surface area contributed by atoms with Crippen molar-refractivity contribution in [3.8, 4) is 0 Å². The fourth-order valence-corrected chi connectivity index (χ4v) is 5.15. The molecule has 0 atom stereocenters. The van der Waals surface area contributed by atoms with Gasteiger partial charge in [-0.3, -0.25) is 4.79 Å². The van der Waals surface area contributed by atoms with Crippen molar-refractivity contribution in [3.05, 3.63) is 40.4 Å². The van der Waals surface area contributed by atoms with Gasteiger partial charge in [-0.05, 0) is 42.4 Å². The van der Waals surface area contributed by atoms with Crippen molar-refractivity contribution in [1.29, 1.82) is 0 Å². The number of fused-ring (bicyclic) bond motifs is 1. The summed E-state index contributed by atoms with van der Waals surface area (Å²) in [6.07, 6.45) is 4.87. The fourth-order valence-electron chi connectivity index (χ4n) is 3.20. The molecule has 3 rings (SSSR count). The fraction of sp³-hybridized carbons (Fsp3) is 0.429. The Morgan fingerprint density at radius 1 is 1.21 bits per heavy atom. The van der Waals surface area contributed by atoms with E-state index in [2.05, 4.69) is 9.71 Å². The van der Waals surface area contributed by atoms with Crippen molar-refractivity contribution in [2.45, 2.75) is 27.2 Å². The quantitative estimate of drug-likeness (QED) is 0.543. The summed E-state index contributed by atoms with van der Waals surface area (Å²) in [4.78, 5) is 38.7. The Morgan fingerprint density at radius 2 is 1.97 bits per heavy atom. The molecule has 1 aromatic heterocycles. The summed E-state index contributed by atoms with van der Waals surface area (Å²) in [6, 6.07) is 0. The van der Waals surface area contributed by atoms with E-state index in [0.29, 0.717) is 22.9 Å². The first-order chi connectivity index (χ1) is 15.6. The number of amides is 1. The number of hydrogen-bond acceptors (Lipinski definition) is 9. The SMILES string of the molecule is CCOC(=O)c1c(CC(C)C)csc1NC(=O)COC(=O)C1=CN2CCS(=O)(=O)N=C2C=C1. The average molecular weight is 496 g/mol. The molecule has 0 radical (unpaired) electrons. The van der Waals surface area contributed by atoms with Gasteiger partial charge in [0.2, 0.25) is 0 Å². The second-order valence-electron chi connectivity index (χ2n) is 7.75. The van der Waals surface area contributed by atoms with Crippen LogP contribution in [0.1, 0.15) is 36.7 Å². The van der Waals surface area contributed by atoms with Gasteiger partial charge in [0.15, 0.2) is 6.61 Å². The number of rotatable bonds is 8. The summed E-state index contributed by atoms with van der Waals surface area (Å²) in [7, 11) is -3.50. The van der Waals surface area contributed by atoms with Crippen molar-refractivity contribution >= 4 is 50.0 Å². The Balaban J connectivity index is 1.62. The summed E-state index contributed by atoms with van der Waals surface area (Å²) in [5.41, 5.74) is 1.27. The van der Waals surface area contributed by atoms with E-state index in [1.807, 2.05) is 19.2 Å². The maximum atomic E-state index is 12.4. The lowest BCUT2D eigenvalue weighted by Gasteiger charge is -2.26. The van der Waals surface area contributed by atoms with Crippen LogP contribution in [0.3, 0.4) is 0 Å². The zero-order valence-electron chi connectivity index (χ0n) is 18.5. The van der Waals surface area contributed by atoms with Gasteiger partial charge in [0.25, 0.3) is 15.9 Å². The first kappa shape index (κ1) is 24.6.